The van der Waals surface area contributed by atoms with E-state index < -0.39 is 0 Å². The highest BCUT2D eigenvalue weighted by atomic mass is 16.1. The quantitative estimate of drug-likeness (QED) is 0.494. The number of fused-ring (bicyclic) bond motifs is 3. The van der Waals surface area contributed by atoms with Gasteiger partial charge in [0.15, 0.2) is 0 Å². The summed E-state index contributed by atoms with van der Waals surface area (Å²) in [5.74, 6) is 0.0544. The van der Waals surface area contributed by atoms with Gasteiger partial charge in [0.25, 0.3) is 0 Å². The molecule has 1 amide bonds. The Morgan fingerprint density at radius 3 is 2.48 bits per heavy atom. The molecule has 0 aliphatic heterocycles. The van der Waals surface area contributed by atoms with Gasteiger partial charge in [-0.1, -0.05) is 61.5 Å². The van der Waals surface area contributed by atoms with Crippen molar-refractivity contribution in [3.63, 3.8) is 0 Å². The lowest BCUT2D eigenvalue weighted by Crippen LogP contribution is -2.11. The summed E-state index contributed by atoms with van der Waals surface area (Å²) in [5, 5.41) is 5.47. The Balaban J connectivity index is 1.89. The van der Waals surface area contributed by atoms with Crippen molar-refractivity contribution in [1.82, 2.24) is 4.98 Å². The van der Waals surface area contributed by atoms with Crippen molar-refractivity contribution in [2.75, 3.05) is 5.32 Å². The molecular formula is C22H20N2O. The van der Waals surface area contributed by atoms with Crippen LogP contribution in [0.2, 0.25) is 0 Å². The molecule has 0 aliphatic rings. The summed E-state index contributed by atoms with van der Waals surface area (Å²) >= 11 is 0. The number of aromatic nitrogens is 1. The molecular weight excluding hydrogens is 308 g/mol. The predicted octanol–water partition coefficient (Wildman–Crippen LogP) is 5.73. The van der Waals surface area contributed by atoms with Gasteiger partial charge in [0.05, 0.1) is 5.52 Å². The van der Waals surface area contributed by atoms with Crippen molar-refractivity contribution in [3.05, 3.63) is 66.7 Å². The highest BCUT2D eigenvalue weighted by Gasteiger charge is 2.13. The normalized spacial score (nSPS) is 11.1. The van der Waals surface area contributed by atoms with E-state index >= 15 is 0 Å². The molecule has 0 atom stereocenters. The summed E-state index contributed by atoms with van der Waals surface area (Å²) in [5.41, 5.74) is 5.20. The Bertz CT molecular complexity index is 1060. The maximum absolute atomic E-state index is 12.1. The van der Waals surface area contributed by atoms with E-state index in [0.29, 0.717) is 6.42 Å². The SMILES string of the molecule is CCCC(=O)Nc1ccccc1-c1cccc2c1[nH]c1ccccc12. The summed E-state index contributed by atoms with van der Waals surface area (Å²) in [6.07, 6.45) is 1.37. The minimum atomic E-state index is 0.0544. The van der Waals surface area contributed by atoms with E-state index in [0.717, 1.165) is 34.3 Å². The van der Waals surface area contributed by atoms with Crippen LogP contribution in [0.4, 0.5) is 5.69 Å². The van der Waals surface area contributed by atoms with E-state index in [1.807, 2.05) is 31.2 Å². The Labute approximate surface area is 146 Å². The lowest BCUT2D eigenvalue weighted by atomic mass is 10.0. The fourth-order valence-corrected chi connectivity index (χ4v) is 3.36. The number of aromatic amines is 1. The molecule has 0 radical (unpaired) electrons. The van der Waals surface area contributed by atoms with E-state index in [2.05, 4.69) is 52.8 Å². The number of anilines is 1. The first-order valence-electron chi connectivity index (χ1n) is 8.66. The number of rotatable bonds is 4. The minimum absolute atomic E-state index is 0.0544. The average molecular weight is 328 g/mol. The second kappa shape index (κ2) is 6.44. The van der Waals surface area contributed by atoms with Crippen LogP contribution in [0.1, 0.15) is 19.8 Å². The molecule has 0 aliphatic carbocycles. The summed E-state index contributed by atoms with van der Waals surface area (Å²) in [6.45, 7) is 2.01. The van der Waals surface area contributed by atoms with E-state index in [4.69, 9.17) is 0 Å². The van der Waals surface area contributed by atoms with Gasteiger partial charge >= 0.3 is 0 Å². The van der Waals surface area contributed by atoms with E-state index in [1.54, 1.807) is 0 Å². The number of hydrogen-bond donors (Lipinski definition) is 2. The first kappa shape index (κ1) is 15.5. The number of carbonyl (C=O) groups excluding carboxylic acids is 1. The number of hydrogen-bond acceptors (Lipinski definition) is 1. The number of para-hydroxylation sites is 3. The topological polar surface area (TPSA) is 44.9 Å². The Kier molecular flexibility index (Phi) is 3.98. The number of amides is 1. The van der Waals surface area contributed by atoms with Crippen LogP contribution in [0.5, 0.6) is 0 Å². The van der Waals surface area contributed by atoms with Gasteiger partial charge in [-0.25, -0.2) is 0 Å². The first-order chi connectivity index (χ1) is 12.3. The van der Waals surface area contributed by atoms with E-state index in [9.17, 15) is 4.79 Å². The number of H-pyrrole nitrogens is 1. The van der Waals surface area contributed by atoms with Crippen molar-refractivity contribution in [3.8, 4) is 11.1 Å². The molecule has 1 aromatic heterocycles. The number of carbonyl (C=O) groups is 1. The molecule has 0 bridgehead atoms. The summed E-state index contributed by atoms with van der Waals surface area (Å²) < 4.78 is 0. The minimum Gasteiger partial charge on any atom is -0.354 e. The van der Waals surface area contributed by atoms with Gasteiger partial charge in [-0.3, -0.25) is 4.79 Å². The summed E-state index contributed by atoms with van der Waals surface area (Å²) in [6, 6.07) is 22.6. The molecule has 0 unspecified atom stereocenters. The lowest BCUT2D eigenvalue weighted by Gasteiger charge is -2.12. The Morgan fingerprint density at radius 2 is 1.60 bits per heavy atom. The van der Waals surface area contributed by atoms with Gasteiger partial charge in [-0.15, -0.1) is 0 Å². The maximum atomic E-state index is 12.1. The van der Waals surface area contributed by atoms with Crippen LogP contribution >= 0.6 is 0 Å². The third kappa shape index (κ3) is 2.78. The van der Waals surface area contributed by atoms with Crippen LogP contribution < -0.4 is 5.32 Å². The molecule has 124 valence electrons. The van der Waals surface area contributed by atoms with Gasteiger partial charge in [-0.05, 0) is 18.6 Å². The van der Waals surface area contributed by atoms with E-state index in [-0.39, 0.29) is 5.91 Å². The number of nitrogens with one attached hydrogen (secondary N) is 2. The van der Waals surface area contributed by atoms with E-state index in [1.165, 1.54) is 10.8 Å². The van der Waals surface area contributed by atoms with Crippen molar-refractivity contribution in [1.29, 1.82) is 0 Å². The molecule has 0 spiro atoms. The third-order valence-corrected chi connectivity index (χ3v) is 4.51. The number of benzene rings is 3. The zero-order valence-electron chi connectivity index (χ0n) is 14.2. The first-order valence-corrected chi connectivity index (χ1v) is 8.66. The smallest absolute Gasteiger partial charge is 0.224 e. The monoisotopic (exact) mass is 328 g/mol. The van der Waals surface area contributed by atoms with Gasteiger partial charge < -0.3 is 10.3 Å². The highest BCUT2D eigenvalue weighted by molar-refractivity contribution is 6.13. The van der Waals surface area contributed by atoms with Crippen molar-refractivity contribution < 1.29 is 4.79 Å². The van der Waals surface area contributed by atoms with Crippen molar-refractivity contribution in [2.45, 2.75) is 19.8 Å². The molecule has 25 heavy (non-hydrogen) atoms. The zero-order valence-corrected chi connectivity index (χ0v) is 14.2. The zero-order chi connectivity index (χ0) is 17.2. The molecule has 0 saturated heterocycles. The Hall–Kier alpha value is -3.07. The summed E-state index contributed by atoms with van der Waals surface area (Å²) in [7, 11) is 0. The molecule has 3 heteroatoms. The van der Waals surface area contributed by atoms with Gasteiger partial charge in [-0.2, -0.15) is 0 Å². The molecule has 0 fully saturated rings. The molecule has 4 aromatic rings. The lowest BCUT2D eigenvalue weighted by molar-refractivity contribution is -0.116. The fourth-order valence-electron chi connectivity index (χ4n) is 3.36. The molecule has 2 N–H and O–H groups in total. The Morgan fingerprint density at radius 1 is 0.880 bits per heavy atom. The van der Waals surface area contributed by atoms with Gasteiger partial charge in [0.1, 0.15) is 0 Å². The second-order valence-electron chi connectivity index (χ2n) is 6.24. The van der Waals surface area contributed by atoms with Crippen LogP contribution in [0, 0.1) is 0 Å². The van der Waals surface area contributed by atoms with Crippen LogP contribution in [-0.4, -0.2) is 10.9 Å². The van der Waals surface area contributed by atoms with Crippen LogP contribution in [0.3, 0.4) is 0 Å². The highest BCUT2D eigenvalue weighted by Crippen LogP contribution is 2.36. The maximum Gasteiger partial charge on any atom is 0.224 e. The van der Waals surface area contributed by atoms with Crippen molar-refractivity contribution in [2.24, 2.45) is 0 Å². The standard InChI is InChI=1S/C22H20N2O/c1-2-8-21(25)23-19-13-5-3-9-15(19)17-11-7-12-18-16-10-4-6-14-20(16)24-22(17)18/h3-7,9-14,24H,2,8H2,1H3,(H,23,25). The van der Waals surface area contributed by atoms with Gasteiger partial charge in [0, 0.05) is 39.5 Å². The van der Waals surface area contributed by atoms with Crippen molar-refractivity contribution >= 4 is 33.4 Å². The largest absolute Gasteiger partial charge is 0.354 e. The molecule has 1 heterocycles. The second-order valence-corrected chi connectivity index (χ2v) is 6.24. The van der Waals surface area contributed by atoms with Gasteiger partial charge in [0.2, 0.25) is 5.91 Å². The average Bonchev–Trinajstić information content (AvgIpc) is 3.01. The third-order valence-electron chi connectivity index (χ3n) is 4.51. The van der Waals surface area contributed by atoms with Crippen LogP contribution in [-0.2, 0) is 4.79 Å². The molecule has 0 saturated carbocycles. The fraction of sp³-hybridized carbons (Fsp3) is 0.136. The summed E-state index contributed by atoms with van der Waals surface area (Å²) in [4.78, 5) is 15.6. The van der Waals surface area contributed by atoms with Crippen LogP contribution in [0.15, 0.2) is 66.7 Å². The molecule has 3 nitrogen and oxygen atoms in total. The molecule has 4 rings (SSSR count). The predicted molar refractivity (Wildman–Crippen MR) is 105 cm³/mol. The molecule has 3 aromatic carbocycles. The van der Waals surface area contributed by atoms with Crippen LogP contribution in [0.25, 0.3) is 32.9 Å².